The Hall–Kier alpha value is -4.07. The number of ether oxygens (including phenoxy) is 1. The Kier molecular flexibility index (Phi) is 5.40. The lowest BCUT2D eigenvalue weighted by molar-refractivity contribution is -0.387. The SMILES string of the molecule is C=C/C=C(\C=C)Oc1ccc(Nc2ncnc3cc(F)c([N+](=O)[O-])cc23)cc1. The monoisotopic (exact) mass is 378 g/mol. The van der Waals surface area contributed by atoms with Crippen LogP contribution in [-0.2, 0) is 0 Å². The van der Waals surface area contributed by atoms with E-state index in [1.165, 1.54) is 6.33 Å². The molecule has 1 heterocycles. The molecule has 0 saturated heterocycles. The zero-order chi connectivity index (χ0) is 20.1. The molecule has 0 unspecified atom stereocenters. The normalized spacial score (nSPS) is 11.1. The summed E-state index contributed by atoms with van der Waals surface area (Å²) in [5.41, 5.74) is 0.276. The van der Waals surface area contributed by atoms with Crippen molar-refractivity contribution >= 4 is 28.1 Å². The molecule has 0 fully saturated rings. The van der Waals surface area contributed by atoms with Crippen molar-refractivity contribution in [1.82, 2.24) is 9.97 Å². The predicted molar refractivity (Wildman–Crippen MR) is 105 cm³/mol. The highest BCUT2D eigenvalue weighted by Gasteiger charge is 2.17. The third-order valence-electron chi connectivity index (χ3n) is 3.74. The Morgan fingerprint density at radius 1 is 1.21 bits per heavy atom. The van der Waals surface area contributed by atoms with Gasteiger partial charge in [-0.2, -0.15) is 4.39 Å². The van der Waals surface area contributed by atoms with Gasteiger partial charge in [0.2, 0.25) is 5.82 Å². The van der Waals surface area contributed by atoms with Crippen LogP contribution < -0.4 is 10.1 Å². The number of fused-ring (bicyclic) bond motifs is 1. The van der Waals surface area contributed by atoms with Crippen molar-refractivity contribution in [3.8, 4) is 5.75 Å². The van der Waals surface area contributed by atoms with Crippen LogP contribution in [0, 0.1) is 15.9 Å². The number of aromatic nitrogens is 2. The molecule has 0 aliphatic rings. The van der Waals surface area contributed by atoms with Gasteiger partial charge in [-0.1, -0.05) is 19.2 Å². The number of anilines is 2. The molecule has 3 aromatic rings. The van der Waals surface area contributed by atoms with Gasteiger partial charge in [-0.25, -0.2) is 9.97 Å². The standard InChI is InChI=1S/C20H15FN4O3/c1-3-5-14(4-2)28-15-8-6-13(7-9-15)24-20-16-10-19(25(26)27)17(21)11-18(16)22-12-23-20/h3-12H,1-2H2,(H,22,23,24)/b14-5+. The lowest BCUT2D eigenvalue weighted by atomic mass is 10.2. The molecular formula is C20H15FN4O3. The van der Waals surface area contributed by atoms with Crippen molar-refractivity contribution in [2.45, 2.75) is 0 Å². The van der Waals surface area contributed by atoms with Crippen LogP contribution in [0.4, 0.5) is 21.6 Å². The van der Waals surface area contributed by atoms with Gasteiger partial charge in [0.1, 0.15) is 23.7 Å². The number of hydrogen-bond acceptors (Lipinski definition) is 6. The Morgan fingerprint density at radius 2 is 1.96 bits per heavy atom. The lowest BCUT2D eigenvalue weighted by Crippen LogP contribution is -1.99. The van der Waals surface area contributed by atoms with Crippen molar-refractivity contribution in [3.05, 3.63) is 95.8 Å². The molecule has 0 amide bonds. The topological polar surface area (TPSA) is 90.2 Å². The Balaban J connectivity index is 1.89. The number of allylic oxidation sites excluding steroid dienone is 3. The van der Waals surface area contributed by atoms with Gasteiger partial charge in [0, 0.05) is 17.8 Å². The van der Waals surface area contributed by atoms with E-state index < -0.39 is 16.4 Å². The minimum absolute atomic E-state index is 0.255. The summed E-state index contributed by atoms with van der Waals surface area (Å²) in [5.74, 6) is 0.505. The number of nitrogens with one attached hydrogen (secondary N) is 1. The molecule has 0 aliphatic heterocycles. The number of nitro groups is 1. The fourth-order valence-corrected chi connectivity index (χ4v) is 2.44. The number of nitrogens with zero attached hydrogens (tertiary/aromatic N) is 3. The molecule has 0 atom stereocenters. The van der Waals surface area contributed by atoms with Gasteiger partial charge >= 0.3 is 5.69 Å². The number of halogens is 1. The molecule has 7 nitrogen and oxygen atoms in total. The van der Waals surface area contributed by atoms with Gasteiger partial charge in [0.05, 0.1) is 15.8 Å². The van der Waals surface area contributed by atoms with Crippen molar-refractivity contribution < 1.29 is 14.1 Å². The van der Waals surface area contributed by atoms with Gasteiger partial charge in [0.25, 0.3) is 0 Å². The maximum atomic E-state index is 13.8. The third kappa shape index (κ3) is 4.01. The van der Waals surface area contributed by atoms with E-state index in [9.17, 15) is 14.5 Å². The van der Waals surface area contributed by atoms with Crippen LogP contribution >= 0.6 is 0 Å². The molecule has 1 aromatic heterocycles. The van der Waals surface area contributed by atoms with Gasteiger partial charge in [-0.3, -0.25) is 10.1 Å². The molecule has 0 spiro atoms. The van der Waals surface area contributed by atoms with E-state index >= 15 is 0 Å². The summed E-state index contributed by atoms with van der Waals surface area (Å²) in [7, 11) is 0. The number of rotatable bonds is 7. The predicted octanol–water partition coefficient (Wildman–Crippen LogP) is 5.06. The van der Waals surface area contributed by atoms with Crippen LogP contribution in [0.3, 0.4) is 0 Å². The molecule has 1 N–H and O–H groups in total. The first-order chi connectivity index (χ1) is 13.5. The first-order valence-electron chi connectivity index (χ1n) is 8.10. The second-order valence-electron chi connectivity index (χ2n) is 5.56. The summed E-state index contributed by atoms with van der Waals surface area (Å²) >= 11 is 0. The zero-order valence-electron chi connectivity index (χ0n) is 14.6. The molecule has 28 heavy (non-hydrogen) atoms. The average Bonchev–Trinajstić information content (AvgIpc) is 2.68. The van der Waals surface area contributed by atoms with E-state index in [0.717, 1.165) is 12.1 Å². The molecule has 8 heteroatoms. The van der Waals surface area contributed by atoms with Crippen molar-refractivity contribution in [3.63, 3.8) is 0 Å². The van der Waals surface area contributed by atoms with Gasteiger partial charge in [-0.15, -0.1) is 0 Å². The summed E-state index contributed by atoms with van der Waals surface area (Å²) in [5, 5.41) is 14.4. The Bertz CT molecular complexity index is 1090. The number of benzene rings is 2. The zero-order valence-corrected chi connectivity index (χ0v) is 14.6. The van der Waals surface area contributed by atoms with Crippen LogP contribution in [0.1, 0.15) is 0 Å². The molecule has 0 aliphatic carbocycles. The largest absolute Gasteiger partial charge is 0.457 e. The highest BCUT2D eigenvalue weighted by Crippen LogP contribution is 2.29. The van der Waals surface area contributed by atoms with Crippen LogP contribution in [0.2, 0.25) is 0 Å². The van der Waals surface area contributed by atoms with E-state index in [1.807, 2.05) is 0 Å². The molecular weight excluding hydrogens is 363 g/mol. The average molecular weight is 378 g/mol. The molecule has 3 rings (SSSR count). The Labute approximate surface area is 159 Å². The quantitative estimate of drug-likeness (QED) is 0.268. The molecule has 0 radical (unpaired) electrons. The fourth-order valence-electron chi connectivity index (χ4n) is 2.44. The highest BCUT2D eigenvalue weighted by molar-refractivity contribution is 5.92. The summed E-state index contributed by atoms with van der Waals surface area (Å²) < 4.78 is 19.4. The van der Waals surface area contributed by atoms with Crippen LogP contribution in [0.15, 0.2) is 79.9 Å². The number of hydrogen-bond donors (Lipinski definition) is 1. The van der Waals surface area contributed by atoms with Crippen molar-refractivity contribution in [2.75, 3.05) is 5.32 Å². The second-order valence-corrected chi connectivity index (χ2v) is 5.56. The van der Waals surface area contributed by atoms with Crippen molar-refractivity contribution in [2.24, 2.45) is 0 Å². The summed E-state index contributed by atoms with van der Waals surface area (Å²) in [6.45, 7) is 7.27. The van der Waals surface area contributed by atoms with Crippen LogP contribution in [0.25, 0.3) is 10.9 Å². The summed E-state index contributed by atoms with van der Waals surface area (Å²) in [4.78, 5) is 18.3. The highest BCUT2D eigenvalue weighted by atomic mass is 19.1. The molecule has 0 bridgehead atoms. The molecule has 140 valence electrons. The van der Waals surface area contributed by atoms with Crippen molar-refractivity contribution in [1.29, 1.82) is 0 Å². The lowest BCUT2D eigenvalue weighted by Gasteiger charge is -2.10. The molecule has 0 saturated carbocycles. The summed E-state index contributed by atoms with van der Waals surface area (Å²) in [6.07, 6.45) is 6.09. The van der Waals surface area contributed by atoms with E-state index in [2.05, 4.69) is 28.4 Å². The van der Waals surface area contributed by atoms with E-state index in [-0.39, 0.29) is 5.52 Å². The van der Waals surface area contributed by atoms with E-state index in [4.69, 9.17) is 4.74 Å². The minimum atomic E-state index is -0.950. The third-order valence-corrected chi connectivity index (χ3v) is 3.74. The van der Waals surface area contributed by atoms with Gasteiger partial charge in [-0.05, 0) is 36.4 Å². The fraction of sp³-hybridized carbons (Fsp3) is 0. The second kappa shape index (κ2) is 8.09. The van der Waals surface area contributed by atoms with E-state index in [1.54, 1.807) is 42.5 Å². The van der Waals surface area contributed by atoms with Gasteiger partial charge in [0.15, 0.2) is 0 Å². The van der Waals surface area contributed by atoms with Crippen LogP contribution in [0.5, 0.6) is 5.75 Å². The Morgan fingerprint density at radius 3 is 2.61 bits per heavy atom. The first kappa shape index (κ1) is 18.7. The van der Waals surface area contributed by atoms with Gasteiger partial charge < -0.3 is 10.1 Å². The van der Waals surface area contributed by atoms with E-state index in [0.29, 0.717) is 28.4 Å². The first-order valence-corrected chi connectivity index (χ1v) is 8.10. The minimum Gasteiger partial charge on any atom is -0.457 e. The summed E-state index contributed by atoms with van der Waals surface area (Å²) in [6, 6.07) is 9.08. The molecule has 2 aromatic carbocycles. The maximum Gasteiger partial charge on any atom is 0.305 e. The smallest absolute Gasteiger partial charge is 0.305 e. The van der Waals surface area contributed by atoms with Crippen LogP contribution in [-0.4, -0.2) is 14.9 Å². The maximum absolute atomic E-state index is 13.8. The number of nitro benzene ring substituents is 1.